The first-order chi connectivity index (χ1) is 9.60. The number of nitrogens with one attached hydrogen (secondary N) is 1. The summed E-state index contributed by atoms with van der Waals surface area (Å²) in [7, 11) is 0. The van der Waals surface area contributed by atoms with E-state index >= 15 is 0 Å². The lowest BCUT2D eigenvalue weighted by Gasteiger charge is -2.07. The first kappa shape index (κ1) is 14.7. The summed E-state index contributed by atoms with van der Waals surface area (Å²) >= 11 is 5.63. The molecule has 0 saturated carbocycles. The molecule has 1 heterocycles. The van der Waals surface area contributed by atoms with Gasteiger partial charge in [0.05, 0.1) is 5.88 Å². The van der Waals surface area contributed by atoms with Gasteiger partial charge < -0.3 is 9.73 Å². The monoisotopic (exact) mass is 291 g/mol. The van der Waals surface area contributed by atoms with E-state index in [0.29, 0.717) is 24.0 Å². The summed E-state index contributed by atoms with van der Waals surface area (Å²) in [5, 5.41) is 2.83. The third-order valence-corrected chi connectivity index (χ3v) is 3.38. The topological polar surface area (TPSA) is 42.2 Å². The molecule has 0 bridgehead atoms. The van der Waals surface area contributed by atoms with Gasteiger partial charge >= 0.3 is 0 Å². The Morgan fingerprint density at radius 1 is 1.20 bits per heavy atom. The molecule has 0 fully saturated rings. The fraction of sp³-hybridized carbons (Fsp3) is 0.312. The standard InChI is InChI=1S/C16H18ClNO2/c1-11(2)13-5-3-12(4-6-13)10-18-16(19)15-8-7-14(9-17)20-15/h3-8,11H,9-10H2,1-2H3,(H,18,19). The third kappa shape index (κ3) is 3.64. The quantitative estimate of drug-likeness (QED) is 0.844. The minimum atomic E-state index is -0.227. The predicted molar refractivity (Wildman–Crippen MR) is 80.0 cm³/mol. The molecule has 0 spiro atoms. The Morgan fingerprint density at radius 2 is 1.90 bits per heavy atom. The summed E-state index contributed by atoms with van der Waals surface area (Å²) in [5.41, 5.74) is 2.35. The highest BCUT2D eigenvalue weighted by Crippen LogP contribution is 2.15. The summed E-state index contributed by atoms with van der Waals surface area (Å²) in [5.74, 6) is 1.44. The van der Waals surface area contributed by atoms with Crippen molar-refractivity contribution in [3.05, 3.63) is 59.0 Å². The zero-order chi connectivity index (χ0) is 14.5. The number of halogens is 1. The summed E-state index contributed by atoms with van der Waals surface area (Å²) in [6.07, 6.45) is 0. The molecule has 0 unspecified atom stereocenters. The lowest BCUT2D eigenvalue weighted by Crippen LogP contribution is -2.22. The van der Waals surface area contributed by atoms with Crippen LogP contribution in [0.2, 0.25) is 0 Å². The Labute approximate surface area is 123 Å². The fourth-order valence-corrected chi connectivity index (χ4v) is 2.01. The second-order valence-electron chi connectivity index (χ2n) is 4.98. The van der Waals surface area contributed by atoms with Gasteiger partial charge in [0.2, 0.25) is 0 Å². The smallest absolute Gasteiger partial charge is 0.287 e. The van der Waals surface area contributed by atoms with Gasteiger partial charge in [0.1, 0.15) is 5.76 Å². The van der Waals surface area contributed by atoms with Crippen molar-refractivity contribution in [2.75, 3.05) is 0 Å². The minimum absolute atomic E-state index is 0.227. The molecule has 3 nitrogen and oxygen atoms in total. The van der Waals surface area contributed by atoms with Crippen LogP contribution < -0.4 is 5.32 Å². The Balaban J connectivity index is 1.92. The molecule has 0 radical (unpaired) electrons. The molecule has 0 saturated heterocycles. The first-order valence-corrected chi connectivity index (χ1v) is 7.15. The van der Waals surface area contributed by atoms with E-state index in [-0.39, 0.29) is 11.8 Å². The molecule has 0 aliphatic rings. The van der Waals surface area contributed by atoms with E-state index in [1.54, 1.807) is 12.1 Å². The molecule has 2 aromatic rings. The average molecular weight is 292 g/mol. The van der Waals surface area contributed by atoms with Gasteiger partial charge in [0, 0.05) is 6.54 Å². The van der Waals surface area contributed by atoms with Gasteiger partial charge in [-0.1, -0.05) is 38.1 Å². The molecule has 1 aromatic heterocycles. The fourth-order valence-electron chi connectivity index (χ4n) is 1.86. The van der Waals surface area contributed by atoms with E-state index in [4.69, 9.17) is 16.0 Å². The number of amides is 1. The maximum Gasteiger partial charge on any atom is 0.287 e. The van der Waals surface area contributed by atoms with E-state index in [9.17, 15) is 4.79 Å². The number of benzene rings is 1. The van der Waals surface area contributed by atoms with Gasteiger partial charge in [-0.3, -0.25) is 4.79 Å². The van der Waals surface area contributed by atoms with Crippen molar-refractivity contribution in [1.82, 2.24) is 5.32 Å². The second kappa shape index (κ2) is 6.62. The zero-order valence-corrected chi connectivity index (χ0v) is 12.4. The molecule has 2 rings (SSSR count). The zero-order valence-electron chi connectivity index (χ0n) is 11.7. The van der Waals surface area contributed by atoms with Gasteiger partial charge in [-0.25, -0.2) is 0 Å². The van der Waals surface area contributed by atoms with Crippen molar-refractivity contribution in [1.29, 1.82) is 0 Å². The number of hydrogen-bond acceptors (Lipinski definition) is 2. The van der Waals surface area contributed by atoms with Gasteiger partial charge in [-0.15, -0.1) is 11.6 Å². The summed E-state index contributed by atoms with van der Waals surface area (Å²) < 4.78 is 5.29. The highest BCUT2D eigenvalue weighted by Gasteiger charge is 2.10. The second-order valence-corrected chi connectivity index (χ2v) is 5.25. The van der Waals surface area contributed by atoms with Gasteiger partial charge in [0.15, 0.2) is 5.76 Å². The maximum absolute atomic E-state index is 11.9. The highest BCUT2D eigenvalue weighted by molar-refractivity contribution is 6.16. The number of carbonyl (C=O) groups excluding carboxylic acids is 1. The average Bonchev–Trinajstić information content (AvgIpc) is 2.94. The van der Waals surface area contributed by atoms with Crippen molar-refractivity contribution in [2.24, 2.45) is 0 Å². The van der Waals surface area contributed by atoms with Gasteiger partial charge in [0.25, 0.3) is 5.91 Å². The molecule has 1 amide bonds. The summed E-state index contributed by atoms with van der Waals surface area (Å²) in [6.45, 7) is 4.79. The van der Waals surface area contributed by atoms with E-state index in [2.05, 4.69) is 31.3 Å². The van der Waals surface area contributed by atoms with Crippen LogP contribution in [0.1, 0.15) is 47.2 Å². The number of rotatable bonds is 5. The van der Waals surface area contributed by atoms with Crippen LogP contribution in [0.15, 0.2) is 40.8 Å². The first-order valence-electron chi connectivity index (χ1n) is 6.62. The van der Waals surface area contributed by atoms with Crippen molar-refractivity contribution < 1.29 is 9.21 Å². The number of alkyl halides is 1. The van der Waals surface area contributed by atoms with Crippen molar-refractivity contribution in [3.63, 3.8) is 0 Å². The van der Waals surface area contributed by atoms with Gasteiger partial charge in [-0.2, -0.15) is 0 Å². The SMILES string of the molecule is CC(C)c1ccc(CNC(=O)c2ccc(CCl)o2)cc1. The Bertz CT molecular complexity index is 572. The van der Waals surface area contributed by atoms with Crippen LogP contribution in [0.5, 0.6) is 0 Å². The number of furan rings is 1. The molecule has 0 aliphatic heterocycles. The van der Waals surface area contributed by atoms with Crippen LogP contribution in [0.4, 0.5) is 0 Å². The van der Waals surface area contributed by atoms with Crippen molar-refractivity contribution in [2.45, 2.75) is 32.2 Å². The van der Waals surface area contributed by atoms with E-state index in [1.165, 1.54) is 5.56 Å². The van der Waals surface area contributed by atoms with Crippen LogP contribution in [0.25, 0.3) is 0 Å². The Hall–Kier alpha value is -1.74. The molecular weight excluding hydrogens is 274 g/mol. The molecule has 20 heavy (non-hydrogen) atoms. The molecule has 4 heteroatoms. The van der Waals surface area contributed by atoms with Crippen LogP contribution in [-0.4, -0.2) is 5.91 Å². The highest BCUT2D eigenvalue weighted by atomic mass is 35.5. The van der Waals surface area contributed by atoms with E-state index < -0.39 is 0 Å². The third-order valence-electron chi connectivity index (χ3n) is 3.12. The van der Waals surface area contributed by atoms with Crippen LogP contribution in [-0.2, 0) is 12.4 Å². The molecule has 0 aliphatic carbocycles. The van der Waals surface area contributed by atoms with E-state index in [0.717, 1.165) is 5.56 Å². The predicted octanol–water partition coefficient (Wildman–Crippen LogP) is 4.07. The van der Waals surface area contributed by atoms with Crippen LogP contribution >= 0.6 is 11.6 Å². The lowest BCUT2D eigenvalue weighted by molar-refractivity contribution is 0.0921. The van der Waals surface area contributed by atoms with E-state index in [1.807, 2.05) is 12.1 Å². The Morgan fingerprint density at radius 3 is 2.45 bits per heavy atom. The molecule has 106 valence electrons. The number of carbonyl (C=O) groups is 1. The molecular formula is C16H18ClNO2. The minimum Gasteiger partial charge on any atom is -0.455 e. The number of hydrogen-bond donors (Lipinski definition) is 1. The molecule has 0 atom stereocenters. The van der Waals surface area contributed by atoms with Gasteiger partial charge in [-0.05, 0) is 29.2 Å². The van der Waals surface area contributed by atoms with Crippen LogP contribution in [0.3, 0.4) is 0 Å². The largest absolute Gasteiger partial charge is 0.455 e. The summed E-state index contributed by atoms with van der Waals surface area (Å²) in [6, 6.07) is 11.6. The van der Waals surface area contributed by atoms with Crippen molar-refractivity contribution >= 4 is 17.5 Å². The molecule has 1 aromatic carbocycles. The normalized spacial score (nSPS) is 10.8. The van der Waals surface area contributed by atoms with Crippen LogP contribution in [0, 0.1) is 0 Å². The lowest BCUT2D eigenvalue weighted by atomic mass is 10.0. The summed E-state index contributed by atoms with van der Waals surface area (Å²) in [4.78, 5) is 11.9. The maximum atomic E-state index is 11.9. The molecule has 1 N–H and O–H groups in total. The van der Waals surface area contributed by atoms with Crippen molar-refractivity contribution in [3.8, 4) is 0 Å². The Kier molecular flexibility index (Phi) is 4.85.